The summed E-state index contributed by atoms with van der Waals surface area (Å²) < 4.78 is 9.72. The van der Waals surface area contributed by atoms with E-state index in [0.717, 1.165) is 0 Å². The number of hydrogen-bond donors (Lipinski definition) is 1. The van der Waals surface area contributed by atoms with Crippen LogP contribution >= 0.6 is 0 Å². The Labute approximate surface area is 113 Å². The zero-order valence-electron chi connectivity index (χ0n) is 12.2. The van der Waals surface area contributed by atoms with Crippen LogP contribution in [0, 0.1) is 5.92 Å². The Hall–Kier alpha value is -1.59. The van der Waals surface area contributed by atoms with Gasteiger partial charge in [0.2, 0.25) is 5.91 Å². The average Bonchev–Trinajstić information content (AvgIpc) is 2.23. The zero-order valence-corrected chi connectivity index (χ0v) is 12.2. The topological polar surface area (TPSA) is 81.7 Å². The van der Waals surface area contributed by atoms with Crippen molar-refractivity contribution >= 4 is 18.0 Å². The molecule has 0 aromatic heterocycles. The van der Waals surface area contributed by atoms with Gasteiger partial charge >= 0.3 is 12.1 Å². The molecule has 19 heavy (non-hydrogen) atoms. The van der Waals surface area contributed by atoms with Crippen LogP contribution in [-0.4, -0.2) is 30.2 Å². The van der Waals surface area contributed by atoms with Gasteiger partial charge in [0.15, 0.2) is 0 Å². The van der Waals surface area contributed by atoms with E-state index in [9.17, 15) is 14.4 Å². The molecule has 0 aliphatic heterocycles. The monoisotopic (exact) mass is 273 g/mol. The summed E-state index contributed by atoms with van der Waals surface area (Å²) in [5, 5.41) is 2.14. The minimum Gasteiger partial charge on any atom is -0.466 e. The molecule has 0 radical (unpaired) electrons. The zero-order chi connectivity index (χ0) is 15.1. The highest BCUT2D eigenvalue weighted by Crippen LogP contribution is 2.09. The number of ether oxygens (including phenoxy) is 2. The predicted molar refractivity (Wildman–Crippen MR) is 69.4 cm³/mol. The molecule has 6 heteroatoms. The third kappa shape index (κ3) is 9.04. The quantitative estimate of drug-likeness (QED) is 0.775. The largest absolute Gasteiger partial charge is 0.466 e. The fourth-order valence-corrected chi connectivity index (χ4v) is 1.23. The molecule has 0 rings (SSSR count). The van der Waals surface area contributed by atoms with Crippen molar-refractivity contribution in [2.75, 3.05) is 6.61 Å². The molecule has 0 heterocycles. The number of hydrogen-bond acceptors (Lipinski definition) is 5. The van der Waals surface area contributed by atoms with Crippen LogP contribution in [0.3, 0.4) is 0 Å². The molecule has 1 unspecified atom stereocenters. The summed E-state index contributed by atoms with van der Waals surface area (Å²) in [6, 6.07) is 0. The summed E-state index contributed by atoms with van der Waals surface area (Å²) in [6.07, 6.45) is -0.301. The van der Waals surface area contributed by atoms with Gasteiger partial charge in [0.1, 0.15) is 5.60 Å². The average molecular weight is 273 g/mol. The van der Waals surface area contributed by atoms with E-state index in [4.69, 9.17) is 9.47 Å². The number of esters is 1. The van der Waals surface area contributed by atoms with E-state index in [0.29, 0.717) is 13.0 Å². The summed E-state index contributed by atoms with van der Waals surface area (Å²) in [7, 11) is 0. The lowest BCUT2D eigenvalue weighted by Crippen LogP contribution is -2.39. The minimum absolute atomic E-state index is 0.150. The Kier molecular flexibility index (Phi) is 7.11. The molecular weight excluding hydrogens is 250 g/mol. The number of amides is 2. The van der Waals surface area contributed by atoms with Crippen molar-refractivity contribution in [3.63, 3.8) is 0 Å². The summed E-state index contributed by atoms with van der Waals surface area (Å²) in [6.45, 7) is 8.80. The van der Waals surface area contributed by atoms with Gasteiger partial charge in [-0.25, -0.2) is 4.79 Å². The maximum Gasteiger partial charge on any atom is 0.414 e. The first kappa shape index (κ1) is 17.4. The molecule has 0 aliphatic rings. The van der Waals surface area contributed by atoms with Crippen molar-refractivity contribution in [3.8, 4) is 0 Å². The van der Waals surface area contributed by atoms with Crippen LogP contribution in [0.4, 0.5) is 4.79 Å². The molecule has 0 spiro atoms. The normalized spacial score (nSPS) is 12.5. The summed E-state index contributed by atoms with van der Waals surface area (Å²) >= 11 is 0. The van der Waals surface area contributed by atoms with Gasteiger partial charge in [-0.15, -0.1) is 0 Å². The maximum atomic E-state index is 11.6. The number of imide groups is 1. The Balaban J connectivity index is 4.07. The van der Waals surface area contributed by atoms with Gasteiger partial charge < -0.3 is 9.47 Å². The summed E-state index contributed by atoms with van der Waals surface area (Å²) in [5.41, 5.74) is -0.654. The molecule has 1 atom stereocenters. The van der Waals surface area contributed by atoms with Crippen molar-refractivity contribution in [1.29, 1.82) is 0 Å². The van der Waals surface area contributed by atoms with Crippen LogP contribution in [0.2, 0.25) is 0 Å². The second-order valence-electron chi connectivity index (χ2n) is 5.24. The lowest BCUT2D eigenvalue weighted by atomic mass is 10.1. The summed E-state index contributed by atoms with van der Waals surface area (Å²) in [4.78, 5) is 34.1. The predicted octanol–water partition coefficient (Wildman–Crippen LogP) is 2.02. The highest BCUT2D eigenvalue weighted by molar-refractivity contribution is 5.93. The lowest BCUT2D eigenvalue weighted by molar-refractivity contribution is -0.143. The van der Waals surface area contributed by atoms with Gasteiger partial charge in [-0.3, -0.25) is 14.9 Å². The Morgan fingerprint density at radius 1 is 1.21 bits per heavy atom. The first-order valence-corrected chi connectivity index (χ1v) is 6.35. The van der Waals surface area contributed by atoms with E-state index >= 15 is 0 Å². The van der Waals surface area contributed by atoms with Gasteiger partial charge in [0, 0.05) is 12.3 Å². The van der Waals surface area contributed by atoms with Crippen molar-refractivity contribution < 1.29 is 23.9 Å². The standard InChI is InChI=1S/C13H23NO5/c1-6-18-10(15)8-7-9(2)11(16)14-12(17)19-13(3,4)5/h9H,6-8H2,1-5H3,(H,14,16,17). The molecular formula is C13H23NO5. The summed E-state index contributed by atoms with van der Waals surface area (Å²) in [5.74, 6) is -1.27. The van der Waals surface area contributed by atoms with Crippen LogP contribution in [0.15, 0.2) is 0 Å². The van der Waals surface area contributed by atoms with Gasteiger partial charge in [0.25, 0.3) is 0 Å². The van der Waals surface area contributed by atoms with Gasteiger partial charge in [-0.1, -0.05) is 6.92 Å². The number of alkyl carbamates (subject to hydrolysis) is 1. The van der Waals surface area contributed by atoms with Gasteiger partial charge in [-0.2, -0.15) is 0 Å². The van der Waals surface area contributed by atoms with Crippen LogP contribution in [0.5, 0.6) is 0 Å². The second-order valence-corrected chi connectivity index (χ2v) is 5.24. The first-order chi connectivity index (χ1) is 8.65. The molecule has 0 aliphatic carbocycles. The SMILES string of the molecule is CCOC(=O)CCC(C)C(=O)NC(=O)OC(C)(C)C. The van der Waals surface area contributed by atoms with Crippen molar-refractivity contribution in [3.05, 3.63) is 0 Å². The van der Waals surface area contributed by atoms with Crippen molar-refractivity contribution in [2.24, 2.45) is 5.92 Å². The van der Waals surface area contributed by atoms with Crippen molar-refractivity contribution in [1.82, 2.24) is 5.32 Å². The first-order valence-electron chi connectivity index (χ1n) is 6.35. The third-order valence-electron chi connectivity index (χ3n) is 2.16. The highest BCUT2D eigenvalue weighted by Gasteiger charge is 2.21. The van der Waals surface area contributed by atoms with E-state index in [-0.39, 0.29) is 12.4 Å². The molecule has 0 saturated carbocycles. The molecule has 0 aromatic carbocycles. The third-order valence-corrected chi connectivity index (χ3v) is 2.16. The van der Waals surface area contributed by atoms with Crippen LogP contribution in [-0.2, 0) is 19.1 Å². The Bertz CT molecular complexity index is 332. The van der Waals surface area contributed by atoms with E-state index < -0.39 is 23.5 Å². The lowest BCUT2D eigenvalue weighted by Gasteiger charge is -2.20. The fraction of sp³-hybridized carbons (Fsp3) is 0.769. The minimum atomic E-state index is -0.777. The molecule has 6 nitrogen and oxygen atoms in total. The van der Waals surface area contributed by atoms with Crippen LogP contribution in [0.25, 0.3) is 0 Å². The van der Waals surface area contributed by atoms with Gasteiger partial charge in [0.05, 0.1) is 6.61 Å². The van der Waals surface area contributed by atoms with Crippen LogP contribution < -0.4 is 5.32 Å². The molecule has 0 saturated heterocycles. The molecule has 0 aromatic rings. The molecule has 2 amide bonds. The number of rotatable bonds is 5. The smallest absolute Gasteiger partial charge is 0.414 e. The number of carbonyl (C=O) groups is 3. The molecule has 110 valence electrons. The molecule has 1 N–H and O–H groups in total. The van der Waals surface area contributed by atoms with Gasteiger partial charge in [-0.05, 0) is 34.1 Å². The second kappa shape index (κ2) is 7.76. The number of nitrogens with one attached hydrogen (secondary N) is 1. The van der Waals surface area contributed by atoms with E-state index in [1.807, 2.05) is 0 Å². The van der Waals surface area contributed by atoms with E-state index in [2.05, 4.69) is 5.32 Å². The maximum absolute atomic E-state index is 11.6. The Morgan fingerprint density at radius 2 is 1.79 bits per heavy atom. The highest BCUT2D eigenvalue weighted by atomic mass is 16.6. The molecule has 0 fully saturated rings. The fourth-order valence-electron chi connectivity index (χ4n) is 1.23. The van der Waals surface area contributed by atoms with Crippen LogP contribution in [0.1, 0.15) is 47.5 Å². The number of carbonyl (C=O) groups excluding carboxylic acids is 3. The Morgan fingerprint density at radius 3 is 2.26 bits per heavy atom. The molecule has 0 bridgehead atoms. The van der Waals surface area contributed by atoms with E-state index in [1.54, 1.807) is 34.6 Å². The van der Waals surface area contributed by atoms with E-state index in [1.165, 1.54) is 0 Å². The van der Waals surface area contributed by atoms with Crippen molar-refractivity contribution in [2.45, 2.75) is 53.1 Å².